The van der Waals surface area contributed by atoms with Crippen LogP contribution >= 0.6 is 0 Å². The van der Waals surface area contributed by atoms with Crippen molar-refractivity contribution in [3.05, 3.63) is 48.5 Å². The van der Waals surface area contributed by atoms with Crippen molar-refractivity contribution in [3.63, 3.8) is 0 Å². The molecule has 4 rings (SSSR count). The Kier molecular flexibility index (Phi) is 6.26. The normalized spacial score (nSPS) is 16.6. The van der Waals surface area contributed by atoms with Gasteiger partial charge in [0, 0.05) is 61.5 Å². The van der Waals surface area contributed by atoms with Crippen molar-refractivity contribution in [2.24, 2.45) is 0 Å². The van der Waals surface area contributed by atoms with Crippen molar-refractivity contribution in [2.75, 3.05) is 37.3 Å². The molecule has 1 saturated heterocycles. The van der Waals surface area contributed by atoms with Gasteiger partial charge in [-0.1, -0.05) is 18.2 Å². The van der Waals surface area contributed by atoms with Crippen LogP contribution in [0.1, 0.15) is 19.8 Å². The van der Waals surface area contributed by atoms with Crippen LogP contribution in [0.5, 0.6) is 0 Å². The van der Waals surface area contributed by atoms with E-state index in [-0.39, 0.29) is 22.7 Å². The lowest BCUT2D eigenvalue weighted by atomic mass is 10.1. The van der Waals surface area contributed by atoms with Crippen molar-refractivity contribution < 1.29 is 18.3 Å². The first kappa shape index (κ1) is 22.4. The molecule has 1 aliphatic heterocycles. The predicted molar refractivity (Wildman–Crippen MR) is 127 cm³/mol. The van der Waals surface area contributed by atoms with E-state index < -0.39 is 9.84 Å². The average Bonchev–Trinajstić information content (AvgIpc) is 3.39. The molecule has 0 saturated carbocycles. The minimum atomic E-state index is -3.51. The van der Waals surface area contributed by atoms with E-state index in [0.29, 0.717) is 25.9 Å². The van der Waals surface area contributed by atoms with Gasteiger partial charge in [-0.3, -0.25) is 4.79 Å². The van der Waals surface area contributed by atoms with E-state index in [1.165, 1.54) is 11.8 Å². The molecule has 2 heterocycles. The molecular formula is C24H29N3O4S. The molecule has 0 aliphatic carbocycles. The predicted octanol–water partition coefficient (Wildman–Crippen LogP) is 3.05. The van der Waals surface area contributed by atoms with E-state index in [1.807, 2.05) is 36.4 Å². The van der Waals surface area contributed by atoms with Crippen LogP contribution < -0.4 is 4.90 Å². The molecule has 3 aromatic rings. The highest BCUT2D eigenvalue weighted by Crippen LogP contribution is 2.36. The summed E-state index contributed by atoms with van der Waals surface area (Å²) in [5, 5.41) is 11.1. The number of nitrogens with zero attached hydrogens (tertiary/aromatic N) is 2. The lowest BCUT2D eigenvalue weighted by molar-refractivity contribution is -0.127. The van der Waals surface area contributed by atoms with Gasteiger partial charge < -0.3 is 19.9 Å². The molecule has 7 nitrogen and oxygen atoms in total. The van der Waals surface area contributed by atoms with Gasteiger partial charge in [-0.15, -0.1) is 0 Å². The first-order valence-electron chi connectivity index (χ1n) is 10.8. The second kappa shape index (κ2) is 8.96. The number of aromatic nitrogens is 1. The summed E-state index contributed by atoms with van der Waals surface area (Å²) in [6.45, 7) is 3.11. The zero-order valence-electron chi connectivity index (χ0n) is 18.4. The van der Waals surface area contributed by atoms with E-state index in [0.717, 1.165) is 34.4 Å². The molecule has 1 aromatic heterocycles. The fourth-order valence-electron chi connectivity index (χ4n) is 4.15. The second-order valence-corrected chi connectivity index (χ2v) is 10.6. The number of hydrogen-bond donors (Lipinski definition) is 2. The summed E-state index contributed by atoms with van der Waals surface area (Å²) < 4.78 is 26.1. The Hall–Kier alpha value is -2.84. The fourth-order valence-corrected chi connectivity index (χ4v) is 5.46. The summed E-state index contributed by atoms with van der Waals surface area (Å²) in [7, 11) is -1.84. The van der Waals surface area contributed by atoms with E-state index in [4.69, 9.17) is 0 Å². The molecule has 32 heavy (non-hydrogen) atoms. The lowest BCUT2D eigenvalue weighted by Crippen LogP contribution is -2.26. The van der Waals surface area contributed by atoms with E-state index in [9.17, 15) is 18.3 Å². The molecule has 1 amide bonds. The monoisotopic (exact) mass is 455 g/mol. The first-order chi connectivity index (χ1) is 15.2. The molecule has 0 radical (unpaired) electrons. The van der Waals surface area contributed by atoms with Crippen LogP contribution in [0.3, 0.4) is 0 Å². The molecule has 0 bridgehead atoms. The summed E-state index contributed by atoms with van der Waals surface area (Å²) >= 11 is 0. The number of amides is 1. The smallest absolute Gasteiger partial charge is 0.219 e. The Balaban J connectivity index is 1.69. The number of aromatic amines is 1. The third-order valence-electron chi connectivity index (χ3n) is 6.10. The van der Waals surface area contributed by atoms with Gasteiger partial charge in [0.05, 0.1) is 16.8 Å². The molecule has 2 N–H and O–H groups in total. The molecular weight excluding hydrogens is 426 g/mol. The van der Waals surface area contributed by atoms with Crippen LogP contribution in [0.15, 0.2) is 53.4 Å². The fraction of sp³-hybridized carbons (Fsp3) is 0.375. The number of aliphatic hydroxyl groups excluding tert-OH is 1. The topological polar surface area (TPSA) is 93.7 Å². The van der Waals surface area contributed by atoms with Gasteiger partial charge in [0.15, 0.2) is 9.84 Å². The summed E-state index contributed by atoms with van der Waals surface area (Å²) in [4.78, 5) is 18.7. The number of β-amino-alcohol motifs (C(OH)–C–C–N with tert-alkyl or cyclic N) is 1. The zero-order valence-corrected chi connectivity index (χ0v) is 19.2. The Morgan fingerprint density at radius 1 is 1.22 bits per heavy atom. The first-order valence-corrected chi connectivity index (χ1v) is 12.5. The zero-order chi connectivity index (χ0) is 22.9. The van der Waals surface area contributed by atoms with Crippen molar-refractivity contribution in [1.82, 2.24) is 9.88 Å². The number of para-hydroxylation sites is 1. The van der Waals surface area contributed by atoms with Gasteiger partial charge >= 0.3 is 0 Å². The summed E-state index contributed by atoms with van der Waals surface area (Å²) in [5.74, 6) is -0.112. The maximum absolute atomic E-state index is 13.1. The minimum absolute atomic E-state index is 0.0292. The maximum Gasteiger partial charge on any atom is 0.219 e. The highest BCUT2D eigenvalue weighted by Gasteiger charge is 2.25. The number of sulfone groups is 1. The number of nitrogens with one attached hydrogen (secondary N) is 1. The minimum Gasteiger partial charge on any atom is -0.391 e. The molecule has 0 spiro atoms. The Morgan fingerprint density at radius 2 is 2.00 bits per heavy atom. The summed E-state index contributed by atoms with van der Waals surface area (Å²) in [6, 6.07) is 15.2. The van der Waals surface area contributed by atoms with E-state index in [1.54, 1.807) is 19.2 Å². The van der Waals surface area contributed by atoms with Crippen LogP contribution in [-0.2, 0) is 14.6 Å². The molecule has 170 valence electrons. The van der Waals surface area contributed by atoms with Crippen LogP contribution in [-0.4, -0.2) is 67.9 Å². The number of hydrogen-bond acceptors (Lipinski definition) is 5. The number of aliphatic hydroxyl groups is 1. The lowest BCUT2D eigenvalue weighted by Gasteiger charge is -2.22. The number of fused-ring (bicyclic) bond motifs is 1. The Morgan fingerprint density at radius 3 is 2.69 bits per heavy atom. The third-order valence-corrected chi connectivity index (χ3v) is 7.89. The summed E-state index contributed by atoms with van der Waals surface area (Å²) in [6.07, 6.45) is 0.683. The Labute approximate surface area is 188 Å². The van der Waals surface area contributed by atoms with E-state index >= 15 is 0 Å². The standard InChI is InChI=1S/C24H29N3O4S/c1-17(28)26(2)11-5-13-32(30,31)20-8-9-24(27-12-10-19(29)16-27)21(15-20)23-14-18-6-3-4-7-22(18)25-23/h3-4,6-9,14-15,19,25,29H,5,10-13,16H2,1-2H3/t19-/m0/s1. The van der Waals surface area contributed by atoms with Crippen molar-refractivity contribution >= 4 is 32.3 Å². The van der Waals surface area contributed by atoms with E-state index in [2.05, 4.69) is 9.88 Å². The van der Waals surface area contributed by atoms with Gasteiger partial charge in [0.25, 0.3) is 0 Å². The molecule has 0 unspecified atom stereocenters. The van der Waals surface area contributed by atoms with Crippen molar-refractivity contribution in [1.29, 1.82) is 0 Å². The van der Waals surface area contributed by atoms with Gasteiger partial charge in [0.2, 0.25) is 5.91 Å². The van der Waals surface area contributed by atoms with Gasteiger partial charge in [-0.25, -0.2) is 8.42 Å². The molecule has 8 heteroatoms. The molecule has 2 aromatic carbocycles. The van der Waals surface area contributed by atoms with Crippen LogP contribution in [0.4, 0.5) is 5.69 Å². The molecule has 1 atom stereocenters. The van der Waals surface area contributed by atoms with Crippen LogP contribution in [0.25, 0.3) is 22.2 Å². The highest BCUT2D eigenvalue weighted by molar-refractivity contribution is 7.91. The van der Waals surface area contributed by atoms with Crippen molar-refractivity contribution in [2.45, 2.75) is 30.8 Å². The van der Waals surface area contributed by atoms with Crippen LogP contribution in [0.2, 0.25) is 0 Å². The average molecular weight is 456 g/mol. The maximum atomic E-state index is 13.1. The number of anilines is 1. The molecule has 1 aliphatic rings. The SMILES string of the molecule is CC(=O)N(C)CCCS(=O)(=O)c1ccc(N2CC[C@H](O)C2)c(-c2cc3ccccc3[nH]2)c1. The summed E-state index contributed by atoms with van der Waals surface area (Å²) in [5.41, 5.74) is 3.53. The Bertz CT molecular complexity index is 1200. The van der Waals surface area contributed by atoms with Gasteiger partial charge in [-0.05, 0) is 43.2 Å². The van der Waals surface area contributed by atoms with Gasteiger partial charge in [0.1, 0.15) is 0 Å². The number of rotatable bonds is 7. The number of carbonyl (C=O) groups excluding carboxylic acids is 1. The quantitative estimate of drug-likeness (QED) is 0.571. The van der Waals surface area contributed by atoms with Crippen molar-refractivity contribution in [3.8, 4) is 11.3 Å². The highest BCUT2D eigenvalue weighted by atomic mass is 32.2. The number of carbonyl (C=O) groups is 1. The van der Waals surface area contributed by atoms with Gasteiger partial charge in [-0.2, -0.15) is 0 Å². The number of benzene rings is 2. The van der Waals surface area contributed by atoms with Crippen LogP contribution in [0, 0.1) is 0 Å². The number of H-pyrrole nitrogens is 1. The second-order valence-electron chi connectivity index (χ2n) is 8.45. The largest absolute Gasteiger partial charge is 0.391 e. The molecule has 1 fully saturated rings. The third kappa shape index (κ3) is 4.66.